The van der Waals surface area contributed by atoms with E-state index in [1.807, 2.05) is 0 Å². The number of nitrogens with zero attached hydrogens (tertiary/aromatic N) is 1. The highest BCUT2D eigenvalue weighted by atomic mass is 32.2. The van der Waals surface area contributed by atoms with E-state index in [2.05, 4.69) is 9.71 Å². The molecule has 2 rings (SSSR count). The van der Waals surface area contributed by atoms with Gasteiger partial charge in [0, 0.05) is 5.69 Å². The SMILES string of the molecule is Nc1cccc(S(=O)(=O)Nc2cccc(F)n2)c1. The Morgan fingerprint density at radius 2 is 1.89 bits per heavy atom. The van der Waals surface area contributed by atoms with E-state index in [1.165, 1.54) is 30.3 Å². The molecule has 7 heteroatoms. The quantitative estimate of drug-likeness (QED) is 0.653. The molecule has 18 heavy (non-hydrogen) atoms. The fourth-order valence-electron chi connectivity index (χ4n) is 1.34. The van der Waals surface area contributed by atoms with Crippen LogP contribution < -0.4 is 10.5 Å². The Morgan fingerprint density at radius 3 is 2.56 bits per heavy atom. The van der Waals surface area contributed by atoms with Gasteiger partial charge in [-0.1, -0.05) is 12.1 Å². The highest BCUT2D eigenvalue weighted by Crippen LogP contribution is 2.16. The third-order valence-electron chi connectivity index (χ3n) is 2.12. The first-order valence-electron chi connectivity index (χ1n) is 4.98. The Hall–Kier alpha value is -2.15. The summed E-state index contributed by atoms with van der Waals surface area (Å²) >= 11 is 0. The largest absolute Gasteiger partial charge is 0.399 e. The molecule has 0 amide bonds. The zero-order valence-corrected chi connectivity index (χ0v) is 9.99. The van der Waals surface area contributed by atoms with Crippen molar-refractivity contribution in [1.29, 1.82) is 0 Å². The van der Waals surface area contributed by atoms with Crippen LogP contribution in [-0.2, 0) is 10.0 Å². The Bertz CT molecular complexity index is 673. The van der Waals surface area contributed by atoms with Gasteiger partial charge < -0.3 is 5.73 Å². The summed E-state index contributed by atoms with van der Waals surface area (Å²) in [5.41, 5.74) is 5.83. The lowest BCUT2D eigenvalue weighted by atomic mass is 10.3. The van der Waals surface area contributed by atoms with E-state index >= 15 is 0 Å². The van der Waals surface area contributed by atoms with Crippen molar-refractivity contribution < 1.29 is 12.8 Å². The summed E-state index contributed by atoms with van der Waals surface area (Å²) in [5, 5.41) is 0. The molecular weight excluding hydrogens is 257 g/mol. The fraction of sp³-hybridized carbons (Fsp3) is 0. The number of nitrogens with two attached hydrogens (primary N) is 1. The molecule has 0 aliphatic rings. The molecule has 5 nitrogen and oxygen atoms in total. The van der Waals surface area contributed by atoms with Gasteiger partial charge in [0.25, 0.3) is 10.0 Å². The number of halogens is 1. The smallest absolute Gasteiger partial charge is 0.263 e. The van der Waals surface area contributed by atoms with Gasteiger partial charge in [-0.05, 0) is 30.3 Å². The molecule has 0 fully saturated rings. The minimum absolute atomic E-state index is 0.00596. The van der Waals surface area contributed by atoms with Crippen LogP contribution in [0.1, 0.15) is 0 Å². The van der Waals surface area contributed by atoms with Gasteiger partial charge in [0.05, 0.1) is 4.90 Å². The van der Waals surface area contributed by atoms with Gasteiger partial charge in [-0.3, -0.25) is 4.72 Å². The molecule has 94 valence electrons. The van der Waals surface area contributed by atoms with Crippen molar-refractivity contribution in [2.75, 3.05) is 10.5 Å². The van der Waals surface area contributed by atoms with E-state index in [0.29, 0.717) is 5.69 Å². The van der Waals surface area contributed by atoms with Crippen LogP contribution in [0.4, 0.5) is 15.9 Å². The standard InChI is InChI=1S/C11H10FN3O2S/c12-10-5-2-6-11(14-10)15-18(16,17)9-4-1-3-8(13)7-9/h1-7H,13H2,(H,14,15). The molecule has 0 saturated heterocycles. The fourth-order valence-corrected chi connectivity index (χ4v) is 2.40. The minimum atomic E-state index is -3.81. The molecule has 1 aromatic heterocycles. The Balaban J connectivity index is 2.33. The van der Waals surface area contributed by atoms with Gasteiger partial charge >= 0.3 is 0 Å². The number of nitrogen functional groups attached to an aromatic ring is 1. The maximum absolute atomic E-state index is 12.8. The molecule has 0 radical (unpaired) electrons. The number of aromatic nitrogens is 1. The first-order valence-corrected chi connectivity index (χ1v) is 6.46. The highest BCUT2D eigenvalue weighted by molar-refractivity contribution is 7.92. The molecular formula is C11H10FN3O2S. The second-order valence-electron chi connectivity index (χ2n) is 3.52. The number of anilines is 2. The molecule has 0 aliphatic heterocycles. The second-order valence-corrected chi connectivity index (χ2v) is 5.21. The number of hydrogen-bond donors (Lipinski definition) is 2. The maximum Gasteiger partial charge on any atom is 0.263 e. The summed E-state index contributed by atoms with van der Waals surface area (Å²) < 4.78 is 38.9. The molecule has 0 unspecified atom stereocenters. The van der Waals surface area contributed by atoms with E-state index in [9.17, 15) is 12.8 Å². The Labute approximate surface area is 104 Å². The maximum atomic E-state index is 12.8. The van der Waals surface area contributed by atoms with E-state index in [-0.39, 0.29) is 10.7 Å². The van der Waals surface area contributed by atoms with Crippen LogP contribution in [0.3, 0.4) is 0 Å². The number of pyridine rings is 1. The average Bonchev–Trinajstić information content (AvgIpc) is 2.28. The van der Waals surface area contributed by atoms with E-state index < -0.39 is 16.0 Å². The van der Waals surface area contributed by atoms with Gasteiger partial charge in [-0.2, -0.15) is 4.39 Å². The van der Waals surface area contributed by atoms with E-state index in [0.717, 1.165) is 6.07 Å². The Kier molecular flexibility index (Phi) is 3.15. The predicted molar refractivity (Wildman–Crippen MR) is 65.9 cm³/mol. The molecule has 0 atom stereocenters. The molecule has 0 saturated carbocycles. The van der Waals surface area contributed by atoms with Gasteiger partial charge in [-0.25, -0.2) is 13.4 Å². The van der Waals surface area contributed by atoms with Crippen molar-refractivity contribution >= 4 is 21.5 Å². The second kappa shape index (κ2) is 4.61. The van der Waals surface area contributed by atoms with Crippen LogP contribution in [0.15, 0.2) is 47.4 Å². The van der Waals surface area contributed by atoms with Crippen molar-refractivity contribution in [2.45, 2.75) is 4.90 Å². The van der Waals surface area contributed by atoms with Crippen LogP contribution >= 0.6 is 0 Å². The molecule has 2 aromatic rings. The summed E-state index contributed by atoms with van der Waals surface area (Å²) in [4.78, 5) is 3.41. The minimum Gasteiger partial charge on any atom is -0.399 e. The zero-order chi connectivity index (χ0) is 13.2. The normalized spacial score (nSPS) is 11.2. The van der Waals surface area contributed by atoms with Gasteiger partial charge in [0.2, 0.25) is 5.95 Å². The molecule has 1 heterocycles. The number of rotatable bonds is 3. The molecule has 0 aliphatic carbocycles. The van der Waals surface area contributed by atoms with Gasteiger partial charge in [-0.15, -0.1) is 0 Å². The summed E-state index contributed by atoms with van der Waals surface area (Å²) in [6.07, 6.45) is 0. The van der Waals surface area contributed by atoms with Crippen molar-refractivity contribution in [3.8, 4) is 0 Å². The number of nitrogens with one attached hydrogen (secondary N) is 1. The van der Waals surface area contributed by atoms with Crippen LogP contribution in [-0.4, -0.2) is 13.4 Å². The van der Waals surface area contributed by atoms with Crippen LogP contribution in [0.5, 0.6) is 0 Å². The highest BCUT2D eigenvalue weighted by Gasteiger charge is 2.15. The number of sulfonamides is 1. The first-order chi connectivity index (χ1) is 8.47. The number of hydrogen-bond acceptors (Lipinski definition) is 4. The van der Waals surface area contributed by atoms with Crippen molar-refractivity contribution in [1.82, 2.24) is 4.98 Å². The van der Waals surface area contributed by atoms with Crippen molar-refractivity contribution in [3.63, 3.8) is 0 Å². The molecule has 0 bridgehead atoms. The van der Waals surface area contributed by atoms with Crippen LogP contribution in [0.2, 0.25) is 0 Å². The van der Waals surface area contributed by atoms with Crippen LogP contribution in [0.25, 0.3) is 0 Å². The average molecular weight is 267 g/mol. The summed E-state index contributed by atoms with van der Waals surface area (Å²) in [7, 11) is -3.81. The monoisotopic (exact) mass is 267 g/mol. The van der Waals surface area contributed by atoms with E-state index in [4.69, 9.17) is 5.73 Å². The molecule has 1 aromatic carbocycles. The third-order valence-corrected chi connectivity index (χ3v) is 3.47. The first kappa shape index (κ1) is 12.3. The van der Waals surface area contributed by atoms with Gasteiger partial charge in [0.15, 0.2) is 0 Å². The van der Waals surface area contributed by atoms with Crippen LogP contribution in [0, 0.1) is 5.95 Å². The molecule has 0 spiro atoms. The van der Waals surface area contributed by atoms with E-state index in [1.54, 1.807) is 6.07 Å². The van der Waals surface area contributed by atoms with Crippen molar-refractivity contribution in [2.24, 2.45) is 0 Å². The lowest BCUT2D eigenvalue weighted by molar-refractivity contribution is 0.584. The molecule has 3 N–H and O–H groups in total. The van der Waals surface area contributed by atoms with Gasteiger partial charge in [0.1, 0.15) is 5.82 Å². The lowest BCUT2D eigenvalue weighted by Gasteiger charge is -2.07. The Morgan fingerprint density at radius 1 is 1.17 bits per heavy atom. The predicted octanol–water partition coefficient (Wildman–Crippen LogP) is 1.60. The number of benzene rings is 1. The van der Waals surface area contributed by atoms with Crippen molar-refractivity contribution in [3.05, 3.63) is 48.4 Å². The third kappa shape index (κ3) is 2.75. The summed E-state index contributed by atoms with van der Waals surface area (Å²) in [6, 6.07) is 9.62. The summed E-state index contributed by atoms with van der Waals surface area (Å²) in [6.45, 7) is 0. The lowest BCUT2D eigenvalue weighted by Crippen LogP contribution is -2.14. The summed E-state index contributed by atoms with van der Waals surface area (Å²) in [5.74, 6) is -0.847. The topological polar surface area (TPSA) is 85.1 Å². The zero-order valence-electron chi connectivity index (χ0n) is 9.17.